The fraction of sp³-hybridized carbons (Fsp3) is 0.667. The molecule has 106 valence electrons. The van der Waals surface area contributed by atoms with Crippen LogP contribution in [-0.4, -0.2) is 31.2 Å². The van der Waals surface area contributed by atoms with E-state index in [4.69, 9.17) is 0 Å². The molecule has 0 aliphatic carbocycles. The van der Waals surface area contributed by atoms with Crippen molar-refractivity contribution in [1.29, 1.82) is 0 Å². The summed E-state index contributed by atoms with van der Waals surface area (Å²) in [5.41, 5.74) is 1.26. The summed E-state index contributed by atoms with van der Waals surface area (Å²) in [6.45, 7) is 8.86. The summed E-state index contributed by atoms with van der Waals surface area (Å²) in [6, 6.07) is 2.06. The van der Waals surface area contributed by atoms with E-state index in [-0.39, 0.29) is 0 Å². The van der Waals surface area contributed by atoms with Gasteiger partial charge in [-0.1, -0.05) is 6.92 Å². The predicted octanol–water partition coefficient (Wildman–Crippen LogP) is 3.37. The van der Waals surface area contributed by atoms with Gasteiger partial charge in [0.25, 0.3) is 0 Å². The Bertz CT molecular complexity index is 402. The average molecular weight is 326 g/mol. The van der Waals surface area contributed by atoms with Crippen LogP contribution in [0.5, 0.6) is 0 Å². The highest BCUT2D eigenvalue weighted by molar-refractivity contribution is 9.10. The fourth-order valence-corrected chi connectivity index (χ4v) is 3.18. The molecule has 0 radical (unpaired) electrons. The first-order chi connectivity index (χ1) is 9.22. The molecule has 2 heterocycles. The van der Waals surface area contributed by atoms with Crippen molar-refractivity contribution in [2.45, 2.75) is 33.1 Å². The van der Waals surface area contributed by atoms with E-state index in [1.54, 1.807) is 0 Å². The van der Waals surface area contributed by atoms with Gasteiger partial charge in [-0.15, -0.1) is 0 Å². The molecule has 1 saturated heterocycles. The molecule has 1 unspecified atom stereocenters. The van der Waals surface area contributed by atoms with E-state index >= 15 is 0 Å². The Labute approximate surface area is 124 Å². The summed E-state index contributed by atoms with van der Waals surface area (Å²) < 4.78 is 1.15. The smallest absolute Gasteiger partial charge is 0.143 e. The van der Waals surface area contributed by atoms with Crippen LogP contribution in [0.3, 0.4) is 0 Å². The molecule has 1 aromatic rings. The van der Waals surface area contributed by atoms with E-state index in [0.717, 1.165) is 42.3 Å². The second kappa shape index (κ2) is 7.25. The third-order valence-electron chi connectivity index (χ3n) is 3.73. The molecule has 0 amide bonds. The fourth-order valence-electron chi connectivity index (χ4n) is 2.69. The van der Waals surface area contributed by atoms with Gasteiger partial charge in [0.1, 0.15) is 5.82 Å². The maximum absolute atomic E-state index is 4.58. The van der Waals surface area contributed by atoms with E-state index in [2.05, 4.69) is 51.0 Å². The molecule has 2 rings (SSSR count). The van der Waals surface area contributed by atoms with Crippen molar-refractivity contribution in [3.63, 3.8) is 0 Å². The van der Waals surface area contributed by atoms with Crippen LogP contribution in [-0.2, 0) is 0 Å². The summed E-state index contributed by atoms with van der Waals surface area (Å²) in [5.74, 6) is 1.85. The molecule has 0 saturated carbocycles. The highest BCUT2D eigenvalue weighted by atomic mass is 79.9. The van der Waals surface area contributed by atoms with E-state index in [1.807, 2.05) is 6.20 Å². The zero-order valence-electron chi connectivity index (χ0n) is 12.0. The van der Waals surface area contributed by atoms with Gasteiger partial charge >= 0.3 is 0 Å². The molecule has 19 heavy (non-hydrogen) atoms. The van der Waals surface area contributed by atoms with E-state index in [9.17, 15) is 0 Å². The lowest BCUT2D eigenvalue weighted by molar-refractivity contribution is 0.376. The molecular formula is C15H24BrN3. The van der Waals surface area contributed by atoms with Crippen molar-refractivity contribution in [3.8, 4) is 0 Å². The molecule has 1 aromatic heterocycles. The minimum Gasteiger partial charge on any atom is -0.355 e. The Kier molecular flexibility index (Phi) is 5.64. The number of hydrogen-bond acceptors (Lipinski definition) is 3. The van der Waals surface area contributed by atoms with Crippen LogP contribution in [0.25, 0.3) is 0 Å². The molecule has 1 atom stereocenters. The van der Waals surface area contributed by atoms with Gasteiger partial charge in [0.15, 0.2) is 0 Å². The largest absolute Gasteiger partial charge is 0.355 e. The normalized spacial score (nSPS) is 19.4. The summed E-state index contributed by atoms with van der Waals surface area (Å²) in [7, 11) is 0. The Hall–Kier alpha value is -0.610. The lowest BCUT2D eigenvalue weighted by atomic mass is 9.99. The molecule has 1 aliphatic heterocycles. The number of pyridine rings is 1. The van der Waals surface area contributed by atoms with Crippen LogP contribution in [0.1, 0.15) is 31.7 Å². The molecular weight excluding hydrogens is 302 g/mol. The van der Waals surface area contributed by atoms with Crippen LogP contribution in [0, 0.1) is 12.8 Å². The standard InChI is InChI=1S/C15H24BrN3/c1-3-9-19(11-13-5-4-7-17-10-13)15-14(16)12(2)6-8-18-15/h6,8,13,17H,3-5,7,9-11H2,1-2H3. The maximum atomic E-state index is 4.58. The minimum atomic E-state index is 0.745. The van der Waals surface area contributed by atoms with Gasteiger partial charge < -0.3 is 10.2 Å². The predicted molar refractivity (Wildman–Crippen MR) is 84.8 cm³/mol. The second-order valence-electron chi connectivity index (χ2n) is 5.42. The maximum Gasteiger partial charge on any atom is 0.143 e. The molecule has 4 heteroatoms. The van der Waals surface area contributed by atoms with Gasteiger partial charge in [0, 0.05) is 19.3 Å². The highest BCUT2D eigenvalue weighted by Gasteiger charge is 2.19. The quantitative estimate of drug-likeness (QED) is 0.899. The van der Waals surface area contributed by atoms with Gasteiger partial charge in [-0.25, -0.2) is 4.98 Å². The molecule has 0 spiro atoms. The van der Waals surface area contributed by atoms with Crippen molar-refractivity contribution in [2.24, 2.45) is 5.92 Å². The summed E-state index contributed by atoms with van der Waals surface area (Å²) in [4.78, 5) is 7.02. The molecule has 1 aliphatic rings. The first-order valence-corrected chi connectivity index (χ1v) is 8.08. The number of nitrogens with zero attached hydrogens (tertiary/aromatic N) is 2. The van der Waals surface area contributed by atoms with Gasteiger partial charge in [-0.05, 0) is 72.8 Å². The number of anilines is 1. The first-order valence-electron chi connectivity index (χ1n) is 7.29. The van der Waals surface area contributed by atoms with Crippen LogP contribution >= 0.6 is 15.9 Å². The van der Waals surface area contributed by atoms with Gasteiger partial charge in [0.2, 0.25) is 0 Å². The molecule has 0 aromatic carbocycles. The number of aryl methyl sites for hydroxylation is 1. The van der Waals surface area contributed by atoms with Crippen LogP contribution in [0.2, 0.25) is 0 Å². The molecule has 1 fully saturated rings. The SMILES string of the molecule is CCCN(CC1CCCNC1)c1nccc(C)c1Br. The summed E-state index contributed by atoms with van der Waals surface area (Å²) >= 11 is 3.70. The lowest BCUT2D eigenvalue weighted by Crippen LogP contribution is -2.39. The van der Waals surface area contributed by atoms with Gasteiger partial charge in [-0.2, -0.15) is 0 Å². The molecule has 1 N–H and O–H groups in total. The third-order valence-corrected chi connectivity index (χ3v) is 4.71. The van der Waals surface area contributed by atoms with E-state index in [0.29, 0.717) is 0 Å². The van der Waals surface area contributed by atoms with Crippen LogP contribution in [0.15, 0.2) is 16.7 Å². The Morgan fingerprint density at radius 1 is 1.53 bits per heavy atom. The second-order valence-corrected chi connectivity index (χ2v) is 6.22. The van der Waals surface area contributed by atoms with Crippen molar-refractivity contribution in [2.75, 3.05) is 31.1 Å². The molecule has 0 bridgehead atoms. The number of aromatic nitrogens is 1. The van der Waals surface area contributed by atoms with Gasteiger partial charge in [-0.3, -0.25) is 0 Å². The Morgan fingerprint density at radius 2 is 2.37 bits per heavy atom. The molecule has 3 nitrogen and oxygen atoms in total. The van der Waals surface area contributed by atoms with E-state index < -0.39 is 0 Å². The first kappa shape index (κ1) is 14.8. The zero-order chi connectivity index (χ0) is 13.7. The average Bonchev–Trinajstić information content (AvgIpc) is 2.43. The third kappa shape index (κ3) is 3.93. The van der Waals surface area contributed by atoms with Crippen LogP contribution in [0.4, 0.5) is 5.82 Å². The summed E-state index contributed by atoms with van der Waals surface area (Å²) in [5, 5.41) is 3.50. The topological polar surface area (TPSA) is 28.2 Å². The van der Waals surface area contributed by atoms with Gasteiger partial charge in [0.05, 0.1) is 4.47 Å². The lowest BCUT2D eigenvalue weighted by Gasteiger charge is -2.31. The highest BCUT2D eigenvalue weighted by Crippen LogP contribution is 2.28. The zero-order valence-corrected chi connectivity index (χ0v) is 13.5. The van der Waals surface area contributed by atoms with Crippen molar-refractivity contribution in [3.05, 3.63) is 22.3 Å². The number of nitrogens with one attached hydrogen (secondary N) is 1. The van der Waals surface area contributed by atoms with Crippen molar-refractivity contribution < 1.29 is 0 Å². The van der Waals surface area contributed by atoms with Crippen molar-refractivity contribution >= 4 is 21.7 Å². The van der Waals surface area contributed by atoms with Crippen LogP contribution < -0.4 is 10.2 Å². The Morgan fingerprint density at radius 3 is 3.05 bits per heavy atom. The Balaban J connectivity index is 2.11. The van der Waals surface area contributed by atoms with E-state index in [1.165, 1.54) is 24.9 Å². The van der Waals surface area contributed by atoms with Crippen molar-refractivity contribution in [1.82, 2.24) is 10.3 Å². The number of halogens is 1. The number of rotatable bonds is 5. The number of piperidine rings is 1. The minimum absolute atomic E-state index is 0.745. The monoisotopic (exact) mass is 325 g/mol. The number of hydrogen-bond donors (Lipinski definition) is 1. The summed E-state index contributed by atoms with van der Waals surface area (Å²) in [6.07, 6.45) is 5.70.